The normalized spacial score (nSPS) is 12.5. The number of amides is 2. The van der Waals surface area contributed by atoms with Gasteiger partial charge in [0.15, 0.2) is 11.5 Å². The summed E-state index contributed by atoms with van der Waals surface area (Å²) in [5.41, 5.74) is 6.68. The molecule has 0 fully saturated rings. The molecule has 0 saturated heterocycles. The van der Waals surface area contributed by atoms with E-state index in [2.05, 4.69) is 15.8 Å². The van der Waals surface area contributed by atoms with Crippen LogP contribution in [0.3, 0.4) is 0 Å². The van der Waals surface area contributed by atoms with Crippen LogP contribution in [-0.2, 0) is 0 Å². The first-order chi connectivity index (χ1) is 14.9. The summed E-state index contributed by atoms with van der Waals surface area (Å²) in [6.45, 7) is 5.85. The Morgan fingerprint density at radius 3 is 2.58 bits per heavy atom. The molecule has 4 rings (SSSR count). The Balaban J connectivity index is 1.45. The molecule has 7 nitrogen and oxygen atoms in total. The fourth-order valence-corrected chi connectivity index (χ4v) is 3.93. The molecule has 0 spiro atoms. The fraction of sp³-hybridized carbons (Fsp3) is 0.174. The fourth-order valence-electron chi connectivity index (χ4n) is 3.06. The summed E-state index contributed by atoms with van der Waals surface area (Å²) in [5, 5.41) is 8.92. The molecule has 2 amide bonds. The van der Waals surface area contributed by atoms with E-state index in [0.29, 0.717) is 34.0 Å². The maximum Gasteiger partial charge on any atom is 0.272 e. The average molecular weight is 436 g/mol. The smallest absolute Gasteiger partial charge is 0.272 e. The number of fused-ring (bicyclic) bond motifs is 1. The number of nitrogens with one attached hydrogen (secondary N) is 2. The molecule has 3 aromatic rings. The molecule has 0 saturated carbocycles. The Labute approximate surface area is 183 Å². The Bertz CT molecular complexity index is 1200. The Morgan fingerprint density at radius 2 is 1.81 bits per heavy atom. The zero-order valence-corrected chi connectivity index (χ0v) is 18.1. The van der Waals surface area contributed by atoms with E-state index in [1.165, 1.54) is 11.3 Å². The lowest BCUT2D eigenvalue weighted by Crippen LogP contribution is -2.19. The second-order valence-corrected chi connectivity index (χ2v) is 8.16. The van der Waals surface area contributed by atoms with Crippen LogP contribution in [0.2, 0.25) is 0 Å². The van der Waals surface area contributed by atoms with E-state index in [9.17, 15) is 9.59 Å². The van der Waals surface area contributed by atoms with Crippen molar-refractivity contribution in [2.75, 3.05) is 12.1 Å². The van der Waals surface area contributed by atoms with Crippen LogP contribution in [0.4, 0.5) is 5.69 Å². The van der Waals surface area contributed by atoms with E-state index in [0.717, 1.165) is 16.0 Å². The van der Waals surface area contributed by atoms with E-state index >= 15 is 0 Å². The maximum atomic E-state index is 12.6. The average Bonchev–Trinajstić information content (AvgIpc) is 3.38. The first kappa shape index (κ1) is 20.6. The van der Waals surface area contributed by atoms with Crippen LogP contribution in [0.5, 0.6) is 11.5 Å². The van der Waals surface area contributed by atoms with Gasteiger partial charge in [0.1, 0.15) is 0 Å². The second kappa shape index (κ2) is 8.61. The summed E-state index contributed by atoms with van der Waals surface area (Å²) in [6, 6.07) is 12.3. The molecule has 158 valence electrons. The number of thiophene rings is 1. The Morgan fingerprint density at radius 1 is 1.00 bits per heavy atom. The molecular formula is C23H21N3O4S. The lowest BCUT2D eigenvalue weighted by molar-refractivity contribution is 0.0953. The number of hydrazone groups is 1. The molecule has 2 heterocycles. The van der Waals surface area contributed by atoms with Crippen molar-refractivity contribution in [1.82, 2.24) is 5.43 Å². The molecule has 0 aliphatic carbocycles. The minimum atomic E-state index is -0.262. The zero-order chi connectivity index (χ0) is 22.0. The third-order valence-corrected chi connectivity index (χ3v) is 6.04. The van der Waals surface area contributed by atoms with Crippen LogP contribution in [0.15, 0.2) is 52.9 Å². The number of carbonyl (C=O) groups is 2. The minimum absolute atomic E-state index is 0.156. The van der Waals surface area contributed by atoms with E-state index in [1.54, 1.807) is 37.3 Å². The predicted octanol–water partition coefficient (Wildman–Crippen LogP) is 4.50. The summed E-state index contributed by atoms with van der Waals surface area (Å²) in [4.78, 5) is 26.1. The standard InChI is InChI=1S/C23H21N3O4S/c1-13-15(3)31-11-19(13)23(28)26-25-14(2)16-5-4-6-18(9-16)24-22(27)17-7-8-20-21(10-17)30-12-29-20/h4-11H,12H2,1-3H3,(H,24,27)(H,26,28)/b25-14+. The number of aryl methyl sites for hydroxylation is 1. The van der Waals surface area contributed by atoms with Gasteiger partial charge in [-0.3, -0.25) is 9.59 Å². The number of benzene rings is 2. The van der Waals surface area contributed by atoms with Gasteiger partial charge in [-0.2, -0.15) is 5.10 Å². The predicted molar refractivity (Wildman–Crippen MR) is 120 cm³/mol. The van der Waals surface area contributed by atoms with Crippen molar-refractivity contribution in [2.45, 2.75) is 20.8 Å². The highest BCUT2D eigenvalue weighted by atomic mass is 32.1. The van der Waals surface area contributed by atoms with Gasteiger partial charge < -0.3 is 14.8 Å². The van der Waals surface area contributed by atoms with Crippen LogP contribution in [-0.4, -0.2) is 24.3 Å². The second-order valence-electron chi connectivity index (χ2n) is 7.07. The highest BCUT2D eigenvalue weighted by Crippen LogP contribution is 2.32. The van der Waals surface area contributed by atoms with Crippen molar-refractivity contribution >= 4 is 34.6 Å². The minimum Gasteiger partial charge on any atom is -0.454 e. The Kier molecular flexibility index (Phi) is 5.73. The summed E-state index contributed by atoms with van der Waals surface area (Å²) < 4.78 is 10.6. The molecular weight excluding hydrogens is 414 g/mol. The van der Waals surface area contributed by atoms with Gasteiger partial charge >= 0.3 is 0 Å². The van der Waals surface area contributed by atoms with E-state index in [1.807, 2.05) is 31.4 Å². The molecule has 31 heavy (non-hydrogen) atoms. The SMILES string of the molecule is C/C(=N\NC(=O)c1csc(C)c1C)c1cccc(NC(=O)c2ccc3c(c2)OCO3)c1. The van der Waals surface area contributed by atoms with Crippen LogP contribution in [0.1, 0.15) is 43.6 Å². The van der Waals surface area contributed by atoms with Gasteiger partial charge in [0.2, 0.25) is 6.79 Å². The van der Waals surface area contributed by atoms with Crippen molar-refractivity contribution in [3.05, 3.63) is 75.0 Å². The topological polar surface area (TPSA) is 89.0 Å². The van der Waals surface area contributed by atoms with Crippen LogP contribution in [0.25, 0.3) is 0 Å². The molecule has 1 aliphatic rings. The number of ether oxygens (including phenoxy) is 2. The molecule has 8 heteroatoms. The first-order valence-corrected chi connectivity index (χ1v) is 10.5. The summed E-state index contributed by atoms with van der Waals surface area (Å²) >= 11 is 1.54. The van der Waals surface area contributed by atoms with Gasteiger partial charge in [0.25, 0.3) is 11.8 Å². The molecule has 1 aliphatic heterocycles. The quantitative estimate of drug-likeness (QED) is 0.456. The summed E-state index contributed by atoms with van der Waals surface area (Å²) in [5.74, 6) is 0.673. The van der Waals surface area contributed by atoms with Gasteiger partial charge in [-0.15, -0.1) is 11.3 Å². The third-order valence-electron chi connectivity index (χ3n) is 5.03. The molecule has 0 radical (unpaired) electrons. The van der Waals surface area contributed by atoms with Gasteiger partial charge in [0, 0.05) is 21.5 Å². The first-order valence-electron chi connectivity index (χ1n) is 9.63. The maximum absolute atomic E-state index is 12.6. The van der Waals surface area contributed by atoms with E-state index in [4.69, 9.17) is 9.47 Å². The number of hydrogen-bond donors (Lipinski definition) is 2. The van der Waals surface area contributed by atoms with Gasteiger partial charge in [-0.25, -0.2) is 5.43 Å². The largest absolute Gasteiger partial charge is 0.454 e. The van der Waals surface area contributed by atoms with Crippen LogP contribution >= 0.6 is 11.3 Å². The lowest BCUT2D eigenvalue weighted by atomic mass is 10.1. The highest BCUT2D eigenvalue weighted by molar-refractivity contribution is 7.10. The molecule has 2 N–H and O–H groups in total. The number of rotatable bonds is 5. The van der Waals surface area contributed by atoms with Crippen LogP contribution in [0, 0.1) is 13.8 Å². The Hall–Kier alpha value is -3.65. The highest BCUT2D eigenvalue weighted by Gasteiger charge is 2.16. The van der Waals surface area contributed by atoms with Gasteiger partial charge in [-0.05, 0) is 62.2 Å². The van der Waals surface area contributed by atoms with Crippen molar-refractivity contribution in [2.24, 2.45) is 5.10 Å². The monoisotopic (exact) mass is 435 g/mol. The third kappa shape index (κ3) is 4.44. The zero-order valence-electron chi connectivity index (χ0n) is 17.3. The summed E-state index contributed by atoms with van der Waals surface area (Å²) in [6.07, 6.45) is 0. The molecule has 0 unspecified atom stereocenters. The number of anilines is 1. The number of hydrogen-bond acceptors (Lipinski definition) is 6. The number of nitrogens with zero attached hydrogens (tertiary/aromatic N) is 1. The van der Waals surface area contributed by atoms with Crippen molar-refractivity contribution in [3.8, 4) is 11.5 Å². The van der Waals surface area contributed by atoms with Crippen molar-refractivity contribution < 1.29 is 19.1 Å². The van der Waals surface area contributed by atoms with Crippen molar-refractivity contribution in [1.29, 1.82) is 0 Å². The lowest BCUT2D eigenvalue weighted by Gasteiger charge is -2.08. The molecule has 0 atom stereocenters. The molecule has 1 aromatic heterocycles. The van der Waals surface area contributed by atoms with Crippen molar-refractivity contribution in [3.63, 3.8) is 0 Å². The molecule has 0 bridgehead atoms. The summed E-state index contributed by atoms with van der Waals surface area (Å²) in [7, 11) is 0. The van der Waals surface area contributed by atoms with Crippen LogP contribution < -0.4 is 20.2 Å². The van der Waals surface area contributed by atoms with E-state index in [-0.39, 0.29) is 18.6 Å². The molecule has 2 aromatic carbocycles. The van der Waals surface area contributed by atoms with Gasteiger partial charge in [-0.1, -0.05) is 12.1 Å². The van der Waals surface area contributed by atoms with E-state index < -0.39 is 0 Å². The number of carbonyl (C=O) groups excluding carboxylic acids is 2. The van der Waals surface area contributed by atoms with Gasteiger partial charge in [0.05, 0.1) is 11.3 Å².